The van der Waals surface area contributed by atoms with Gasteiger partial charge in [-0.1, -0.05) is 35.9 Å². The number of thiazole rings is 1. The first-order chi connectivity index (χ1) is 12.8. The molecule has 10 heteroatoms. The number of carbonyl (C=O) groups is 1. The number of halogens is 1. The molecule has 0 saturated carbocycles. The zero-order chi connectivity index (χ0) is 19.6. The third kappa shape index (κ3) is 4.43. The third-order valence-electron chi connectivity index (χ3n) is 3.75. The Hall–Kier alpha value is -1.68. The van der Waals surface area contributed by atoms with Crippen molar-refractivity contribution in [3.8, 4) is 0 Å². The molecule has 144 valence electrons. The number of ether oxygens (including phenoxy) is 1. The second-order valence-electron chi connectivity index (χ2n) is 5.56. The van der Waals surface area contributed by atoms with Gasteiger partial charge in [0.25, 0.3) is 10.0 Å². The van der Waals surface area contributed by atoms with Crippen LogP contribution in [0, 0.1) is 0 Å². The molecule has 2 heterocycles. The predicted octanol–water partition coefficient (Wildman–Crippen LogP) is 3.83. The summed E-state index contributed by atoms with van der Waals surface area (Å²) >= 11 is 8.02. The summed E-state index contributed by atoms with van der Waals surface area (Å²) in [6.45, 7) is 3.90. The van der Waals surface area contributed by atoms with Crippen molar-refractivity contribution < 1.29 is 17.9 Å². The molecule has 0 fully saturated rings. The van der Waals surface area contributed by atoms with Gasteiger partial charge >= 0.3 is 5.97 Å². The highest BCUT2D eigenvalue weighted by Gasteiger charge is 2.18. The van der Waals surface area contributed by atoms with E-state index in [0.717, 1.165) is 33.5 Å². The molecule has 1 aromatic carbocycles. The summed E-state index contributed by atoms with van der Waals surface area (Å²) in [4.78, 5) is 12.2. The number of fused-ring (bicyclic) bond motifs is 1. The first kappa shape index (κ1) is 20.1. The highest BCUT2D eigenvalue weighted by molar-refractivity contribution is 7.92. The number of thiophene rings is 1. The molecule has 0 aliphatic heterocycles. The van der Waals surface area contributed by atoms with Crippen LogP contribution in [0.25, 0.3) is 10.2 Å². The Morgan fingerprint density at radius 2 is 2.00 bits per heavy atom. The van der Waals surface area contributed by atoms with E-state index >= 15 is 0 Å². The van der Waals surface area contributed by atoms with Gasteiger partial charge in [0.1, 0.15) is 10.8 Å². The number of esters is 1. The Labute approximate surface area is 169 Å². The van der Waals surface area contributed by atoms with Crippen LogP contribution in [0.4, 0.5) is 0 Å². The molecular formula is C17H17ClN2O4S3. The van der Waals surface area contributed by atoms with Crippen LogP contribution in [0.15, 0.2) is 38.9 Å². The lowest BCUT2D eigenvalue weighted by Gasteiger charge is -2.05. The number of rotatable bonds is 6. The summed E-state index contributed by atoms with van der Waals surface area (Å²) in [6, 6.07) is 8.74. The summed E-state index contributed by atoms with van der Waals surface area (Å²) in [5.41, 5.74) is 1.86. The maximum Gasteiger partial charge on any atom is 0.326 e. The van der Waals surface area contributed by atoms with E-state index in [4.69, 9.17) is 16.3 Å². The summed E-state index contributed by atoms with van der Waals surface area (Å²) in [7, 11) is -3.93. The lowest BCUT2D eigenvalue weighted by molar-refractivity contribution is -0.143. The van der Waals surface area contributed by atoms with Crippen molar-refractivity contribution in [3.05, 3.63) is 45.0 Å². The van der Waals surface area contributed by atoms with Crippen LogP contribution >= 0.6 is 34.3 Å². The zero-order valence-electron chi connectivity index (χ0n) is 14.6. The molecule has 0 N–H and O–H groups in total. The molecule has 0 unspecified atom stereocenters. The van der Waals surface area contributed by atoms with Crippen molar-refractivity contribution in [2.24, 2.45) is 4.40 Å². The summed E-state index contributed by atoms with van der Waals surface area (Å²) in [5.74, 6) is -0.449. The predicted molar refractivity (Wildman–Crippen MR) is 108 cm³/mol. The van der Waals surface area contributed by atoms with Crippen molar-refractivity contribution in [3.63, 3.8) is 0 Å². The first-order valence-corrected chi connectivity index (χ1v) is 11.6. The second-order valence-corrected chi connectivity index (χ2v) is 10.1. The molecule has 0 radical (unpaired) electrons. The van der Waals surface area contributed by atoms with Gasteiger partial charge in [-0.2, -0.15) is 8.42 Å². The molecule has 3 rings (SSSR count). The van der Waals surface area contributed by atoms with E-state index < -0.39 is 16.0 Å². The van der Waals surface area contributed by atoms with Crippen LogP contribution in [-0.4, -0.2) is 25.6 Å². The Bertz CT molecular complexity index is 1160. The van der Waals surface area contributed by atoms with E-state index in [-0.39, 0.29) is 22.2 Å². The fraction of sp³-hybridized carbons (Fsp3) is 0.294. The zero-order valence-corrected chi connectivity index (χ0v) is 17.8. The Morgan fingerprint density at radius 1 is 1.22 bits per heavy atom. The molecular weight excluding hydrogens is 428 g/mol. The number of nitrogens with zero attached hydrogens (tertiary/aromatic N) is 2. The van der Waals surface area contributed by atoms with E-state index in [0.29, 0.717) is 4.34 Å². The largest absolute Gasteiger partial charge is 0.465 e. The van der Waals surface area contributed by atoms with Crippen LogP contribution in [-0.2, 0) is 32.5 Å². The first-order valence-electron chi connectivity index (χ1n) is 8.18. The van der Waals surface area contributed by atoms with Gasteiger partial charge in [-0.25, -0.2) is 0 Å². The van der Waals surface area contributed by atoms with Crippen molar-refractivity contribution in [2.75, 3.05) is 6.61 Å². The van der Waals surface area contributed by atoms with Crippen LogP contribution in [0.1, 0.15) is 19.4 Å². The van der Waals surface area contributed by atoms with E-state index in [9.17, 15) is 13.2 Å². The number of aryl methyl sites for hydroxylation is 1. The second kappa shape index (κ2) is 8.14. The number of benzene rings is 1. The van der Waals surface area contributed by atoms with E-state index in [1.165, 1.54) is 23.5 Å². The minimum atomic E-state index is -3.93. The smallest absolute Gasteiger partial charge is 0.326 e. The standard InChI is InChI=1S/C17H17ClN2O4S3/c1-3-11-5-6-12-13(9-11)25-17(20(12)10-15(21)24-4-2)19-27(22,23)16-8-7-14(18)26-16/h5-9H,3-4,10H2,1-2H3/b19-17-. The Balaban J connectivity index is 2.19. The Morgan fingerprint density at radius 3 is 2.63 bits per heavy atom. The van der Waals surface area contributed by atoms with Gasteiger partial charge in [-0.05, 0) is 43.2 Å². The molecule has 0 bridgehead atoms. The minimum Gasteiger partial charge on any atom is -0.465 e. The Kier molecular flexibility index (Phi) is 6.05. The fourth-order valence-electron chi connectivity index (χ4n) is 2.48. The molecule has 27 heavy (non-hydrogen) atoms. The molecule has 0 aliphatic rings. The summed E-state index contributed by atoms with van der Waals surface area (Å²) in [6.07, 6.45) is 0.851. The van der Waals surface area contributed by atoms with Gasteiger partial charge in [0, 0.05) is 0 Å². The molecule has 0 spiro atoms. The molecule has 0 saturated heterocycles. The lowest BCUT2D eigenvalue weighted by Crippen LogP contribution is -2.23. The summed E-state index contributed by atoms with van der Waals surface area (Å²) in [5, 5.41) is 0. The lowest BCUT2D eigenvalue weighted by atomic mass is 10.2. The number of hydrogen-bond acceptors (Lipinski definition) is 6. The molecule has 0 amide bonds. The van der Waals surface area contributed by atoms with Crippen molar-refractivity contribution in [2.45, 2.75) is 31.0 Å². The van der Waals surface area contributed by atoms with Crippen LogP contribution in [0.5, 0.6) is 0 Å². The number of aromatic nitrogens is 1. The average Bonchev–Trinajstić information content (AvgIpc) is 3.19. The maximum absolute atomic E-state index is 12.6. The topological polar surface area (TPSA) is 77.7 Å². The van der Waals surface area contributed by atoms with Crippen LogP contribution in [0.3, 0.4) is 0 Å². The minimum absolute atomic E-state index is 0.0573. The van der Waals surface area contributed by atoms with Gasteiger partial charge < -0.3 is 9.30 Å². The summed E-state index contributed by atoms with van der Waals surface area (Å²) < 4.78 is 37.1. The van der Waals surface area contributed by atoms with Crippen molar-refractivity contribution in [1.29, 1.82) is 0 Å². The monoisotopic (exact) mass is 444 g/mol. The molecule has 2 aromatic heterocycles. The van der Waals surface area contributed by atoms with Crippen LogP contribution in [0.2, 0.25) is 4.34 Å². The highest BCUT2D eigenvalue weighted by atomic mass is 35.5. The van der Waals surface area contributed by atoms with Gasteiger partial charge in [0.15, 0.2) is 0 Å². The number of carbonyl (C=O) groups excluding carboxylic acids is 1. The number of hydrogen-bond donors (Lipinski definition) is 0. The maximum atomic E-state index is 12.6. The van der Waals surface area contributed by atoms with Gasteiger partial charge in [0.05, 0.1) is 21.2 Å². The van der Waals surface area contributed by atoms with Gasteiger partial charge in [-0.3, -0.25) is 4.79 Å². The quantitative estimate of drug-likeness (QED) is 0.541. The molecule has 0 atom stereocenters. The van der Waals surface area contributed by atoms with Crippen molar-refractivity contribution >= 4 is 60.5 Å². The van der Waals surface area contributed by atoms with E-state index in [1.54, 1.807) is 11.5 Å². The van der Waals surface area contributed by atoms with E-state index in [1.807, 2.05) is 25.1 Å². The van der Waals surface area contributed by atoms with Gasteiger partial charge in [-0.15, -0.1) is 15.7 Å². The van der Waals surface area contributed by atoms with Crippen molar-refractivity contribution in [1.82, 2.24) is 4.57 Å². The molecule has 3 aromatic rings. The van der Waals surface area contributed by atoms with E-state index in [2.05, 4.69) is 4.40 Å². The van der Waals surface area contributed by atoms with Gasteiger partial charge in [0.2, 0.25) is 4.80 Å². The normalized spacial score (nSPS) is 12.6. The fourth-order valence-corrected chi connectivity index (χ4v) is 6.24. The SMILES string of the molecule is CCOC(=O)Cn1/c(=N/S(=O)(=O)c2ccc(Cl)s2)sc2cc(CC)ccc21. The molecule has 0 aliphatic carbocycles. The third-order valence-corrected chi connectivity index (χ3v) is 7.87. The highest BCUT2D eigenvalue weighted by Crippen LogP contribution is 2.27. The molecule has 6 nitrogen and oxygen atoms in total. The number of sulfonamides is 1. The average molecular weight is 445 g/mol. The van der Waals surface area contributed by atoms with Crippen LogP contribution < -0.4 is 4.80 Å².